The van der Waals surface area contributed by atoms with Gasteiger partial charge >= 0.3 is 0 Å². The molecular formula is C15H16FN3O. The molecule has 20 heavy (non-hydrogen) atoms. The highest BCUT2D eigenvalue weighted by Gasteiger charge is 2.07. The van der Waals surface area contributed by atoms with Gasteiger partial charge in [-0.2, -0.15) is 5.10 Å². The zero-order valence-electron chi connectivity index (χ0n) is 11.5. The first-order valence-corrected chi connectivity index (χ1v) is 6.21. The lowest BCUT2D eigenvalue weighted by molar-refractivity contribution is 0.292. The van der Waals surface area contributed by atoms with Crippen LogP contribution in [0.1, 0.15) is 17.0 Å². The molecule has 0 aliphatic rings. The van der Waals surface area contributed by atoms with Gasteiger partial charge in [0, 0.05) is 13.1 Å². The van der Waals surface area contributed by atoms with Gasteiger partial charge in [-0.1, -0.05) is 11.8 Å². The van der Waals surface area contributed by atoms with E-state index in [9.17, 15) is 4.39 Å². The van der Waals surface area contributed by atoms with Crippen LogP contribution in [-0.2, 0) is 13.7 Å². The summed E-state index contributed by atoms with van der Waals surface area (Å²) in [7, 11) is 1.84. The highest BCUT2D eigenvalue weighted by molar-refractivity contribution is 5.46. The highest BCUT2D eigenvalue weighted by Crippen LogP contribution is 2.20. The minimum atomic E-state index is -0.362. The van der Waals surface area contributed by atoms with Crippen molar-refractivity contribution in [3.05, 3.63) is 47.0 Å². The molecule has 0 amide bonds. The van der Waals surface area contributed by atoms with Gasteiger partial charge in [0.25, 0.3) is 0 Å². The zero-order chi connectivity index (χ0) is 14.5. The molecule has 0 spiro atoms. The van der Waals surface area contributed by atoms with E-state index in [2.05, 4.69) is 16.9 Å². The molecule has 1 aromatic carbocycles. The van der Waals surface area contributed by atoms with E-state index in [0.29, 0.717) is 17.9 Å². The van der Waals surface area contributed by atoms with Crippen LogP contribution >= 0.6 is 0 Å². The fraction of sp³-hybridized carbons (Fsp3) is 0.267. The van der Waals surface area contributed by atoms with Crippen LogP contribution in [0.4, 0.5) is 4.39 Å². The molecule has 0 bridgehead atoms. The predicted molar refractivity (Wildman–Crippen MR) is 74.6 cm³/mol. The van der Waals surface area contributed by atoms with Gasteiger partial charge in [-0.05, 0) is 25.1 Å². The molecule has 4 nitrogen and oxygen atoms in total. The Bertz CT molecular complexity index is 667. The summed E-state index contributed by atoms with van der Waals surface area (Å²) < 4.78 is 20.7. The second kappa shape index (κ2) is 6.22. The lowest BCUT2D eigenvalue weighted by Crippen LogP contribution is -2.04. The molecule has 2 rings (SSSR count). The molecule has 0 aliphatic carbocycles. The maximum absolute atomic E-state index is 13.3. The van der Waals surface area contributed by atoms with Gasteiger partial charge in [0.1, 0.15) is 18.2 Å². The largest absolute Gasteiger partial charge is 0.486 e. The Balaban J connectivity index is 2.19. The van der Waals surface area contributed by atoms with Gasteiger partial charge in [-0.15, -0.1) is 0 Å². The SMILES string of the molecule is Cc1cc(COc2cc(F)ccc2C#CCN)n(C)n1. The second-order valence-electron chi connectivity index (χ2n) is 4.34. The van der Waals surface area contributed by atoms with E-state index in [1.807, 2.05) is 20.0 Å². The van der Waals surface area contributed by atoms with Crippen LogP contribution in [0, 0.1) is 24.6 Å². The van der Waals surface area contributed by atoms with Gasteiger partial charge in [0.05, 0.1) is 23.5 Å². The van der Waals surface area contributed by atoms with Crippen molar-refractivity contribution in [2.45, 2.75) is 13.5 Å². The van der Waals surface area contributed by atoms with E-state index < -0.39 is 0 Å². The average molecular weight is 273 g/mol. The van der Waals surface area contributed by atoms with E-state index >= 15 is 0 Å². The third kappa shape index (κ3) is 3.37. The first-order valence-electron chi connectivity index (χ1n) is 6.21. The van der Waals surface area contributed by atoms with Gasteiger partial charge in [-0.3, -0.25) is 4.68 Å². The smallest absolute Gasteiger partial charge is 0.138 e. The van der Waals surface area contributed by atoms with Crippen LogP contribution in [0.2, 0.25) is 0 Å². The van der Waals surface area contributed by atoms with Crippen molar-refractivity contribution >= 4 is 0 Å². The zero-order valence-corrected chi connectivity index (χ0v) is 11.5. The predicted octanol–water partition coefficient (Wildman–Crippen LogP) is 1.76. The number of ether oxygens (including phenoxy) is 1. The van der Waals surface area contributed by atoms with Crippen LogP contribution in [0.25, 0.3) is 0 Å². The standard InChI is InChI=1S/C15H16FN3O/c1-11-8-14(19(2)18-11)10-20-15-9-13(16)6-5-12(15)4-3-7-17/h5-6,8-9H,7,10,17H2,1-2H3. The number of aryl methyl sites for hydroxylation is 2. The minimum Gasteiger partial charge on any atom is -0.486 e. The number of benzene rings is 1. The number of halogens is 1. The summed E-state index contributed by atoms with van der Waals surface area (Å²) >= 11 is 0. The van der Waals surface area contributed by atoms with Gasteiger partial charge < -0.3 is 10.5 Å². The lowest BCUT2D eigenvalue weighted by Gasteiger charge is -2.08. The topological polar surface area (TPSA) is 53.1 Å². The molecule has 104 valence electrons. The van der Waals surface area contributed by atoms with Crippen molar-refractivity contribution in [1.29, 1.82) is 0 Å². The second-order valence-corrected chi connectivity index (χ2v) is 4.34. The van der Waals surface area contributed by atoms with Crippen LogP contribution in [0.5, 0.6) is 5.75 Å². The summed E-state index contributed by atoms with van der Waals surface area (Å²) in [6.45, 7) is 2.46. The van der Waals surface area contributed by atoms with E-state index in [-0.39, 0.29) is 12.4 Å². The highest BCUT2D eigenvalue weighted by atomic mass is 19.1. The molecule has 1 aromatic heterocycles. The molecule has 2 aromatic rings. The third-order valence-electron chi connectivity index (χ3n) is 2.74. The number of rotatable bonds is 3. The maximum atomic E-state index is 13.3. The number of nitrogens with zero attached hydrogens (tertiary/aromatic N) is 2. The van der Waals surface area contributed by atoms with Crippen molar-refractivity contribution in [3.8, 4) is 17.6 Å². The molecule has 0 saturated heterocycles. The molecule has 0 unspecified atom stereocenters. The summed E-state index contributed by atoms with van der Waals surface area (Å²) in [5, 5.41) is 4.23. The number of hydrogen-bond acceptors (Lipinski definition) is 3. The Morgan fingerprint density at radius 2 is 2.20 bits per heavy atom. The molecule has 0 radical (unpaired) electrons. The van der Waals surface area contributed by atoms with Crippen LogP contribution in [0.15, 0.2) is 24.3 Å². The Hall–Kier alpha value is -2.32. The van der Waals surface area contributed by atoms with Crippen molar-refractivity contribution in [3.63, 3.8) is 0 Å². The molecule has 0 aliphatic heterocycles. The number of aromatic nitrogens is 2. The van der Waals surface area contributed by atoms with Gasteiger partial charge in [-0.25, -0.2) is 4.39 Å². The Morgan fingerprint density at radius 1 is 1.40 bits per heavy atom. The average Bonchev–Trinajstić information content (AvgIpc) is 2.73. The third-order valence-corrected chi connectivity index (χ3v) is 2.74. The molecule has 0 fully saturated rings. The van der Waals surface area contributed by atoms with Crippen LogP contribution < -0.4 is 10.5 Å². The minimum absolute atomic E-state index is 0.248. The van der Waals surface area contributed by atoms with E-state index in [1.165, 1.54) is 12.1 Å². The van der Waals surface area contributed by atoms with Crippen LogP contribution in [-0.4, -0.2) is 16.3 Å². The monoisotopic (exact) mass is 273 g/mol. The summed E-state index contributed by atoms with van der Waals surface area (Å²) in [6.07, 6.45) is 0. The maximum Gasteiger partial charge on any atom is 0.138 e. The van der Waals surface area contributed by atoms with E-state index in [4.69, 9.17) is 10.5 Å². The normalized spacial score (nSPS) is 10.0. The molecule has 5 heteroatoms. The summed E-state index contributed by atoms with van der Waals surface area (Å²) in [6, 6.07) is 6.18. The van der Waals surface area contributed by atoms with Crippen molar-refractivity contribution in [2.24, 2.45) is 12.8 Å². The fourth-order valence-electron chi connectivity index (χ4n) is 1.82. The first-order chi connectivity index (χ1) is 9.60. The van der Waals surface area contributed by atoms with Gasteiger partial charge in [0.15, 0.2) is 0 Å². The van der Waals surface area contributed by atoms with Crippen molar-refractivity contribution < 1.29 is 9.13 Å². The Labute approximate surface area is 117 Å². The number of hydrogen-bond donors (Lipinski definition) is 1. The Kier molecular flexibility index (Phi) is 4.38. The fourth-order valence-corrected chi connectivity index (χ4v) is 1.82. The van der Waals surface area contributed by atoms with Crippen LogP contribution in [0.3, 0.4) is 0 Å². The summed E-state index contributed by atoms with van der Waals surface area (Å²) in [5.41, 5.74) is 7.78. The number of nitrogens with two attached hydrogens (primary N) is 1. The quantitative estimate of drug-likeness (QED) is 0.867. The summed E-state index contributed by atoms with van der Waals surface area (Å²) in [4.78, 5) is 0. The Morgan fingerprint density at radius 3 is 2.85 bits per heavy atom. The van der Waals surface area contributed by atoms with Crippen molar-refractivity contribution in [1.82, 2.24) is 9.78 Å². The lowest BCUT2D eigenvalue weighted by atomic mass is 10.2. The first kappa shape index (κ1) is 14.1. The molecule has 0 saturated carbocycles. The molecule has 2 N–H and O–H groups in total. The van der Waals surface area contributed by atoms with Crippen molar-refractivity contribution in [2.75, 3.05) is 6.54 Å². The molecular weight excluding hydrogens is 257 g/mol. The molecule has 1 heterocycles. The van der Waals surface area contributed by atoms with E-state index in [0.717, 1.165) is 11.4 Å². The van der Waals surface area contributed by atoms with E-state index in [1.54, 1.807) is 10.7 Å². The molecule has 0 atom stereocenters. The summed E-state index contributed by atoms with van der Waals surface area (Å²) in [5.74, 6) is 5.65. The van der Waals surface area contributed by atoms with Gasteiger partial charge in [0.2, 0.25) is 0 Å².